The van der Waals surface area contributed by atoms with E-state index in [1.54, 1.807) is 35.6 Å². The lowest BCUT2D eigenvalue weighted by Crippen LogP contribution is -2.34. The predicted octanol–water partition coefficient (Wildman–Crippen LogP) is 2.06. The van der Waals surface area contributed by atoms with E-state index in [-0.39, 0.29) is 5.75 Å². The SMILES string of the molecule is O=S(=O)(CCN1CCCN(c2nccs2)CC1)Oc1ccccc1. The summed E-state index contributed by atoms with van der Waals surface area (Å²) < 4.78 is 29.4. The van der Waals surface area contributed by atoms with Gasteiger partial charge in [0, 0.05) is 37.8 Å². The second-order valence-corrected chi connectivity index (χ2v) is 8.22. The second-order valence-electron chi connectivity index (χ2n) is 5.66. The Morgan fingerprint density at radius 3 is 2.71 bits per heavy atom. The topological polar surface area (TPSA) is 62.7 Å². The summed E-state index contributed by atoms with van der Waals surface area (Å²) in [4.78, 5) is 8.79. The molecular formula is C16H21N3O3S2. The summed E-state index contributed by atoms with van der Waals surface area (Å²) in [7, 11) is -3.57. The van der Waals surface area contributed by atoms with Crippen LogP contribution >= 0.6 is 11.3 Å². The van der Waals surface area contributed by atoms with Crippen molar-refractivity contribution in [3.63, 3.8) is 0 Å². The normalized spacial score (nSPS) is 16.8. The van der Waals surface area contributed by atoms with E-state index in [1.807, 2.05) is 17.6 Å². The zero-order valence-corrected chi connectivity index (χ0v) is 15.0. The Kier molecular flexibility index (Phi) is 5.70. The van der Waals surface area contributed by atoms with Crippen LogP contribution in [0.5, 0.6) is 5.75 Å². The van der Waals surface area contributed by atoms with Gasteiger partial charge in [-0.1, -0.05) is 18.2 Å². The van der Waals surface area contributed by atoms with Gasteiger partial charge in [0.2, 0.25) is 0 Å². The fourth-order valence-corrected chi connectivity index (χ4v) is 4.33. The molecule has 0 saturated carbocycles. The Morgan fingerprint density at radius 2 is 1.96 bits per heavy atom. The summed E-state index contributed by atoms with van der Waals surface area (Å²) in [6.07, 6.45) is 2.81. The predicted molar refractivity (Wildman–Crippen MR) is 96.2 cm³/mol. The van der Waals surface area contributed by atoms with Crippen molar-refractivity contribution in [2.24, 2.45) is 0 Å². The monoisotopic (exact) mass is 367 g/mol. The molecule has 1 aromatic heterocycles. The molecule has 1 fully saturated rings. The number of para-hydroxylation sites is 1. The van der Waals surface area contributed by atoms with Crippen molar-refractivity contribution in [2.45, 2.75) is 6.42 Å². The van der Waals surface area contributed by atoms with E-state index < -0.39 is 10.1 Å². The molecule has 130 valence electrons. The maximum Gasteiger partial charge on any atom is 0.310 e. The zero-order valence-electron chi connectivity index (χ0n) is 13.4. The number of nitrogens with zero attached hydrogens (tertiary/aromatic N) is 3. The van der Waals surface area contributed by atoms with Gasteiger partial charge in [-0.05, 0) is 25.1 Å². The van der Waals surface area contributed by atoms with E-state index in [0.29, 0.717) is 12.3 Å². The van der Waals surface area contributed by atoms with Gasteiger partial charge in [-0.15, -0.1) is 11.3 Å². The van der Waals surface area contributed by atoms with Crippen molar-refractivity contribution in [3.8, 4) is 5.75 Å². The first-order valence-electron chi connectivity index (χ1n) is 7.96. The third-order valence-electron chi connectivity index (χ3n) is 3.90. The Bertz CT molecular complexity index is 720. The lowest BCUT2D eigenvalue weighted by atomic mass is 10.3. The molecule has 0 amide bonds. The molecule has 0 N–H and O–H groups in total. The molecule has 2 aromatic rings. The number of anilines is 1. The van der Waals surface area contributed by atoms with Crippen LogP contribution in [0.4, 0.5) is 5.13 Å². The minimum atomic E-state index is -3.57. The highest BCUT2D eigenvalue weighted by atomic mass is 32.2. The van der Waals surface area contributed by atoms with Gasteiger partial charge in [-0.3, -0.25) is 0 Å². The number of benzene rings is 1. The molecule has 0 atom stereocenters. The van der Waals surface area contributed by atoms with E-state index in [0.717, 1.165) is 37.7 Å². The van der Waals surface area contributed by atoms with E-state index in [4.69, 9.17) is 4.18 Å². The van der Waals surface area contributed by atoms with Gasteiger partial charge in [-0.25, -0.2) is 4.98 Å². The molecule has 0 aliphatic carbocycles. The molecule has 1 aromatic carbocycles. The average molecular weight is 367 g/mol. The quantitative estimate of drug-likeness (QED) is 0.729. The smallest absolute Gasteiger partial charge is 0.310 e. The van der Waals surface area contributed by atoms with Gasteiger partial charge in [0.25, 0.3) is 0 Å². The highest BCUT2D eigenvalue weighted by Gasteiger charge is 2.19. The molecule has 1 saturated heterocycles. The molecule has 1 aliphatic rings. The fraction of sp³-hybridized carbons (Fsp3) is 0.438. The third kappa shape index (κ3) is 4.93. The first-order chi connectivity index (χ1) is 11.6. The number of thiazole rings is 1. The third-order valence-corrected chi connectivity index (χ3v) is 5.86. The van der Waals surface area contributed by atoms with Crippen LogP contribution in [0.15, 0.2) is 41.9 Å². The van der Waals surface area contributed by atoms with Crippen LogP contribution in [-0.2, 0) is 10.1 Å². The standard InChI is InChI=1S/C16H21N3O3S2/c20-24(21,22-15-5-2-1-3-6-15)14-12-18-8-4-9-19(11-10-18)16-17-7-13-23-16/h1-3,5-7,13H,4,8-12,14H2. The van der Waals surface area contributed by atoms with Gasteiger partial charge in [-0.2, -0.15) is 8.42 Å². The van der Waals surface area contributed by atoms with Crippen molar-refractivity contribution in [3.05, 3.63) is 41.9 Å². The molecular weight excluding hydrogens is 346 g/mol. The molecule has 0 spiro atoms. The summed E-state index contributed by atoms with van der Waals surface area (Å²) in [5.74, 6) is 0.363. The lowest BCUT2D eigenvalue weighted by Gasteiger charge is -2.21. The summed E-state index contributed by atoms with van der Waals surface area (Å²) in [5, 5.41) is 3.02. The van der Waals surface area contributed by atoms with Gasteiger partial charge in [0.05, 0.1) is 5.75 Å². The Balaban J connectivity index is 1.49. The van der Waals surface area contributed by atoms with E-state index >= 15 is 0 Å². The molecule has 24 heavy (non-hydrogen) atoms. The summed E-state index contributed by atoms with van der Waals surface area (Å²) >= 11 is 1.64. The summed E-state index contributed by atoms with van der Waals surface area (Å²) in [6.45, 7) is 4.04. The minimum absolute atomic E-state index is 0.000847. The van der Waals surface area contributed by atoms with Gasteiger partial charge < -0.3 is 14.0 Å². The number of rotatable bonds is 6. The van der Waals surface area contributed by atoms with Crippen LogP contribution in [0.2, 0.25) is 0 Å². The van der Waals surface area contributed by atoms with Crippen LogP contribution in [-0.4, -0.2) is 56.8 Å². The fourth-order valence-electron chi connectivity index (χ4n) is 2.66. The highest BCUT2D eigenvalue weighted by molar-refractivity contribution is 7.87. The van der Waals surface area contributed by atoms with E-state index in [9.17, 15) is 8.42 Å². The van der Waals surface area contributed by atoms with Gasteiger partial charge in [0.15, 0.2) is 5.13 Å². The summed E-state index contributed by atoms with van der Waals surface area (Å²) in [5.41, 5.74) is 0. The lowest BCUT2D eigenvalue weighted by molar-refractivity contribution is 0.308. The van der Waals surface area contributed by atoms with Crippen molar-refractivity contribution < 1.29 is 12.6 Å². The number of aromatic nitrogens is 1. The van der Waals surface area contributed by atoms with Crippen molar-refractivity contribution in [2.75, 3.05) is 43.4 Å². The minimum Gasteiger partial charge on any atom is -0.382 e. The molecule has 6 nitrogen and oxygen atoms in total. The van der Waals surface area contributed by atoms with Crippen LogP contribution in [0.25, 0.3) is 0 Å². The first kappa shape index (κ1) is 17.2. The molecule has 3 rings (SSSR count). The van der Waals surface area contributed by atoms with Gasteiger partial charge in [0.1, 0.15) is 5.75 Å². The van der Waals surface area contributed by atoms with E-state index in [1.165, 1.54) is 0 Å². The van der Waals surface area contributed by atoms with Gasteiger partial charge >= 0.3 is 10.1 Å². The highest BCUT2D eigenvalue weighted by Crippen LogP contribution is 2.19. The molecule has 0 radical (unpaired) electrons. The van der Waals surface area contributed by atoms with Crippen molar-refractivity contribution >= 4 is 26.6 Å². The zero-order chi connectivity index (χ0) is 16.8. The first-order valence-corrected chi connectivity index (χ1v) is 10.4. The van der Waals surface area contributed by atoms with E-state index in [2.05, 4.69) is 14.8 Å². The van der Waals surface area contributed by atoms with Crippen molar-refractivity contribution in [1.29, 1.82) is 0 Å². The molecule has 8 heteroatoms. The van der Waals surface area contributed by atoms with Crippen LogP contribution in [0, 0.1) is 0 Å². The molecule has 0 unspecified atom stereocenters. The second kappa shape index (κ2) is 7.96. The number of hydrogen-bond donors (Lipinski definition) is 0. The molecule has 2 heterocycles. The maximum absolute atomic E-state index is 12.1. The van der Waals surface area contributed by atoms with Crippen molar-refractivity contribution in [1.82, 2.24) is 9.88 Å². The molecule has 1 aliphatic heterocycles. The largest absolute Gasteiger partial charge is 0.382 e. The average Bonchev–Trinajstić information content (AvgIpc) is 3.00. The molecule has 0 bridgehead atoms. The van der Waals surface area contributed by atoms with Crippen LogP contribution in [0.1, 0.15) is 6.42 Å². The van der Waals surface area contributed by atoms with Crippen LogP contribution in [0.3, 0.4) is 0 Å². The maximum atomic E-state index is 12.1. The number of hydrogen-bond acceptors (Lipinski definition) is 7. The Hall–Kier alpha value is -1.64. The summed E-state index contributed by atoms with van der Waals surface area (Å²) in [6, 6.07) is 8.63. The Labute approximate surface area is 146 Å². The Morgan fingerprint density at radius 1 is 1.12 bits per heavy atom. The van der Waals surface area contributed by atoms with Crippen LogP contribution < -0.4 is 9.08 Å².